The number of amides is 3. The molecular formula is C59H57Cl2N7O9. The molecule has 0 bridgehead atoms. The van der Waals surface area contributed by atoms with Gasteiger partial charge >= 0.3 is 5.97 Å². The number of aromatic nitrogens is 2. The Morgan fingerprint density at radius 2 is 1.14 bits per heavy atom. The highest BCUT2D eigenvalue weighted by Crippen LogP contribution is 2.35. The minimum Gasteiger partial charge on any atom is -0.478 e. The van der Waals surface area contributed by atoms with Crippen molar-refractivity contribution in [2.45, 2.75) is 45.8 Å². The Morgan fingerprint density at radius 1 is 0.649 bits per heavy atom. The number of hydrogen-bond donors (Lipinski definition) is 5. The molecule has 2 fully saturated rings. The number of carboxylic acid groups (broad SMARTS) is 1. The Balaban J connectivity index is 0.000000182. The van der Waals surface area contributed by atoms with Crippen LogP contribution in [0.1, 0.15) is 70.1 Å². The number of carboxylic acids is 1. The molecule has 10 rings (SSSR count). The number of nitrogen functional groups attached to an aromatic ring is 2. The minimum absolute atomic E-state index is 0.00216. The van der Waals surface area contributed by atoms with Gasteiger partial charge in [-0.2, -0.15) is 0 Å². The van der Waals surface area contributed by atoms with Gasteiger partial charge in [-0.1, -0.05) is 54.4 Å². The number of nitrogens with one attached hydrogen (secondary N) is 2. The number of nitrogens with zero attached hydrogens (tertiary/aromatic N) is 3. The number of halogens is 2. The lowest BCUT2D eigenvalue weighted by Crippen LogP contribution is -2.47. The van der Waals surface area contributed by atoms with Crippen molar-refractivity contribution in [2.24, 2.45) is 5.92 Å². The number of carbonyl (C=O) groups excluding carboxylic acids is 3. The van der Waals surface area contributed by atoms with E-state index in [0.717, 1.165) is 63.3 Å². The lowest BCUT2D eigenvalue weighted by atomic mass is 10.0. The van der Waals surface area contributed by atoms with E-state index in [9.17, 15) is 19.2 Å². The number of carbonyl (C=O) groups is 4. The van der Waals surface area contributed by atoms with E-state index in [1.54, 1.807) is 79.1 Å². The zero-order chi connectivity index (χ0) is 54.4. The number of aromatic carboxylic acids is 1. The summed E-state index contributed by atoms with van der Waals surface area (Å²) in [6.45, 7) is 8.30. The first-order valence-corrected chi connectivity index (χ1v) is 25.6. The highest BCUT2D eigenvalue weighted by Gasteiger charge is 2.25. The normalized spacial score (nSPS) is 15.4. The molecule has 4 aromatic carbocycles. The molecule has 2 saturated heterocycles. The van der Waals surface area contributed by atoms with Gasteiger partial charge in [0.1, 0.15) is 23.2 Å². The molecule has 0 unspecified atom stereocenters. The maximum absolute atomic E-state index is 12.9. The Hall–Kier alpha value is -8.28. The standard InChI is InChI=1S/C29H27ClN4O4.C24H18ClN3O4.C6H12O/c1-18-17-37-11-10-34(18)29(36)21-6-4-20(5-7-21)22-12-23-13-24(38-28(23)25(30)14-22)16-33-27(35)9-3-19-2-8-26(31)32-15-19;25-20-11-17(15-3-5-16(6-4-15)24(30)31)9-18-10-19(32-23(18)20)13-28-22(29)8-2-14-1-7-21(26)27-12-14;1-6-3-2-4-7-5-6/h2-9,12-15,18H,10-11,16-17H2,1H3,(H2,31,32)(H,33,35);1-12H,13H2,(H2,26,27)(H,28,29)(H,30,31);6H,2-5H2,1H3/b9-3+;8-2+;/t18-;;6-/m1.0/s1. The van der Waals surface area contributed by atoms with Crippen molar-refractivity contribution >= 4 is 92.6 Å². The van der Waals surface area contributed by atoms with Crippen molar-refractivity contribution in [1.29, 1.82) is 0 Å². The number of fused-ring (bicyclic) bond motifs is 2. The molecule has 3 amide bonds. The molecule has 7 N–H and O–H groups in total. The predicted octanol–water partition coefficient (Wildman–Crippen LogP) is 11.1. The molecule has 0 radical (unpaired) electrons. The van der Waals surface area contributed by atoms with Gasteiger partial charge in [-0.05, 0) is 156 Å². The molecule has 0 spiro atoms. The molecule has 16 nitrogen and oxygen atoms in total. The number of anilines is 2. The third-order valence-corrected chi connectivity index (χ3v) is 13.1. The second kappa shape index (κ2) is 26.0. The highest BCUT2D eigenvalue weighted by atomic mass is 35.5. The third kappa shape index (κ3) is 15.2. The van der Waals surface area contributed by atoms with Gasteiger partial charge in [-0.3, -0.25) is 14.4 Å². The molecule has 8 aromatic rings. The van der Waals surface area contributed by atoms with Gasteiger partial charge in [0.05, 0.1) is 48.0 Å². The lowest BCUT2D eigenvalue weighted by molar-refractivity contribution is -0.117. The second-order valence-corrected chi connectivity index (χ2v) is 19.3. The molecule has 4 aromatic heterocycles. The van der Waals surface area contributed by atoms with Gasteiger partial charge in [-0.15, -0.1) is 0 Å². The van der Waals surface area contributed by atoms with Crippen molar-refractivity contribution < 1.29 is 42.6 Å². The monoisotopic (exact) mass is 1080 g/mol. The molecule has 2 atom stereocenters. The maximum Gasteiger partial charge on any atom is 0.335 e. The molecule has 18 heteroatoms. The van der Waals surface area contributed by atoms with Crippen LogP contribution < -0.4 is 22.1 Å². The summed E-state index contributed by atoms with van der Waals surface area (Å²) < 4.78 is 22.3. The van der Waals surface area contributed by atoms with Crippen molar-refractivity contribution in [3.05, 3.63) is 178 Å². The fraction of sp³-hybridized carbons (Fsp3) is 0.220. The average molecular weight is 1080 g/mol. The summed E-state index contributed by atoms with van der Waals surface area (Å²) in [5, 5.41) is 17.1. The minimum atomic E-state index is -0.980. The summed E-state index contributed by atoms with van der Waals surface area (Å²) in [6.07, 6.45) is 11.9. The lowest BCUT2D eigenvalue weighted by Gasteiger charge is -2.33. The van der Waals surface area contributed by atoms with Gasteiger partial charge in [0.25, 0.3) is 5.91 Å². The third-order valence-electron chi connectivity index (χ3n) is 12.5. The zero-order valence-corrected chi connectivity index (χ0v) is 43.9. The molecule has 0 aliphatic carbocycles. The van der Waals surface area contributed by atoms with Crippen LogP contribution in [-0.4, -0.2) is 82.7 Å². The smallest absolute Gasteiger partial charge is 0.335 e. The molecule has 0 saturated carbocycles. The van der Waals surface area contributed by atoms with Crippen LogP contribution in [0, 0.1) is 5.92 Å². The number of rotatable bonds is 12. The van der Waals surface area contributed by atoms with Crippen LogP contribution in [0.5, 0.6) is 0 Å². The SMILES string of the molecule is C[C@@H]1COCCN1C(=O)c1ccc(-c2cc(Cl)c3oc(CNC(=O)/C=C/c4ccc(N)nc4)cc3c2)cc1.C[C@H]1CCCOC1.Nc1ccc(/C=C/C(=O)NCc2cc3cc(-c4ccc(C(=O)O)cc4)cc(Cl)c3o2)cn1. The van der Waals surface area contributed by atoms with Gasteiger partial charge in [0, 0.05) is 60.6 Å². The number of furan rings is 2. The first-order valence-electron chi connectivity index (χ1n) is 24.8. The Morgan fingerprint density at radius 3 is 1.56 bits per heavy atom. The fourth-order valence-corrected chi connectivity index (χ4v) is 8.91. The van der Waals surface area contributed by atoms with Crippen LogP contribution >= 0.6 is 23.2 Å². The van der Waals surface area contributed by atoms with E-state index in [1.165, 1.54) is 25.0 Å². The Bertz CT molecular complexity index is 3410. The summed E-state index contributed by atoms with van der Waals surface area (Å²) in [4.78, 5) is 58.1. The zero-order valence-electron chi connectivity index (χ0n) is 42.3. The Labute approximate surface area is 454 Å². The summed E-state index contributed by atoms with van der Waals surface area (Å²) in [7, 11) is 0. The largest absolute Gasteiger partial charge is 0.478 e. The molecular weight excluding hydrogens is 1020 g/mol. The quantitative estimate of drug-likeness (QED) is 0.0717. The van der Waals surface area contributed by atoms with Crippen molar-refractivity contribution in [3.63, 3.8) is 0 Å². The molecule has 396 valence electrons. The van der Waals surface area contributed by atoms with E-state index >= 15 is 0 Å². The maximum atomic E-state index is 12.9. The molecule has 2 aliphatic rings. The van der Waals surface area contributed by atoms with Gasteiger partial charge < -0.3 is 50.4 Å². The van der Waals surface area contributed by atoms with E-state index in [1.807, 2.05) is 66.4 Å². The van der Waals surface area contributed by atoms with E-state index in [4.69, 9.17) is 58.1 Å². The van der Waals surface area contributed by atoms with Crippen LogP contribution in [0.2, 0.25) is 10.0 Å². The van der Waals surface area contributed by atoms with Crippen molar-refractivity contribution in [3.8, 4) is 22.3 Å². The number of hydrogen-bond acceptors (Lipinski definition) is 12. The van der Waals surface area contributed by atoms with Crippen molar-refractivity contribution in [2.75, 3.05) is 44.4 Å². The van der Waals surface area contributed by atoms with Crippen LogP contribution in [0.4, 0.5) is 11.6 Å². The number of nitrogens with two attached hydrogens (primary N) is 2. The van der Waals surface area contributed by atoms with Crippen LogP contribution in [0.25, 0.3) is 56.3 Å². The van der Waals surface area contributed by atoms with E-state index in [0.29, 0.717) is 69.7 Å². The Kier molecular flexibility index (Phi) is 18.5. The van der Waals surface area contributed by atoms with Gasteiger partial charge in [-0.25, -0.2) is 14.8 Å². The summed E-state index contributed by atoms with van der Waals surface area (Å²) in [5.41, 5.74) is 18.1. The molecule has 2 aliphatic heterocycles. The molecule has 6 heterocycles. The van der Waals surface area contributed by atoms with E-state index in [-0.39, 0.29) is 42.4 Å². The first-order chi connectivity index (χ1) is 37.1. The van der Waals surface area contributed by atoms with Crippen LogP contribution in [-0.2, 0) is 32.2 Å². The van der Waals surface area contributed by atoms with Crippen LogP contribution in [0.3, 0.4) is 0 Å². The van der Waals surface area contributed by atoms with Crippen molar-refractivity contribution in [1.82, 2.24) is 25.5 Å². The average Bonchev–Trinajstić information content (AvgIpc) is 4.07. The van der Waals surface area contributed by atoms with Gasteiger partial charge in [0.15, 0.2) is 11.2 Å². The summed E-state index contributed by atoms with van der Waals surface area (Å²) in [5.74, 6) is 1.25. The topological polar surface area (TPSA) is 238 Å². The second-order valence-electron chi connectivity index (χ2n) is 18.5. The fourth-order valence-electron chi connectivity index (χ4n) is 8.38. The number of benzene rings is 4. The highest BCUT2D eigenvalue weighted by molar-refractivity contribution is 6.35. The summed E-state index contributed by atoms with van der Waals surface area (Å²) in [6, 6.07) is 32.1. The van der Waals surface area contributed by atoms with E-state index < -0.39 is 5.97 Å². The number of pyridine rings is 2. The van der Waals surface area contributed by atoms with Gasteiger partial charge in [0.2, 0.25) is 11.8 Å². The van der Waals surface area contributed by atoms with Crippen LogP contribution in [0.15, 0.2) is 143 Å². The number of ether oxygens (including phenoxy) is 2. The van der Waals surface area contributed by atoms with E-state index in [2.05, 4.69) is 27.5 Å². The predicted molar refractivity (Wildman–Crippen MR) is 300 cm³/mol. The summed E-state index contributed by atoms with van der Waals surface area (Å²) >= 11 is 12.9. The molecule has 77 heavy (non-hydrogen) atoms. The first kappa shape index (κ1) is 55.0. The number of morpholine rings is 1.